The summed E-state index contributed by atoms with van der Waals surface area (Å²) < 4.78 is 27.9. The van der Waals surface area contributed by atoms with E-state index in [1.165, 1.54) is 23.1 Å². The lowest BCUT2D eigenvalue weighted by molar-refractivity contribution is 0.437. The zero-order valence-corrected chi connectivity index (χ0v) is 13.1. The summed E-state index contributed by atoms with van der Waals surface area (Å²) in [7, 11) is 0. The Bertz CT molecular complexity index is 519. The Morgan fingerprint density at radius 1 is 1.14 bits per heavy atom. The van der Waals surface area contributed by atoms with Crippen LogP contribution in [0.25, 0.3) is 0 Å². The van der Waals surface area contributed by atoms with E-state index in [1.54, 1.807) is 11.3 Å². The van der Waals surface area contributed by atoms with E-state index in [9.17, 15) is 8.78 Å². The second-order valence-corrected chi connectivity index (χ2v) is 6.15. The molecule has 1 nitrogen and oxygen atoms in total. The van der Waals surface area contributed by atoms with Gasteiger partial charge in [0.05, 0.1) is 0 Å². The lowest BCUT2D eigenvalue weighted by Crippen LogP contribution is -2.24. The van der Waals surface area contributed by atoms with Crippen LogP contribution < -0.4 is 5.32 Å². The minimum absolute atomic E-state index is 0.178. The van der Waals surface area contributed by atoms with Crippen LogP contribution in [0.15, 0.2) is 35.7 Å². The predicted octanol–water partition coefficient (Wildman–Crippen LogP) is 5.09. The molecule has 1 aromatic carbocycles. The molecule has 2 aromatic rings. The van der Waals surface area contributed by atoms with Gasteiger partial charge in [-0.15, -0.1) is 11.3 Å². The number of benzene rings is 1. The number of rotatable bonds is 8. The summed E-state index contributed by atoms with van der Waals surface area (Å²) in [5.74, 6) is -0.917. The minimum Gasteiger partial charge on any atom is -0.310 e. The Morgan fingerprint density at radius 3 is 2.52 bits per heavy atom. The Labute approximate surface area is 129 Å². The Kier molecular flexibility index (Phi) is 6.33. The summed E-state index contributed by atoms with van der Waals surface area (Å²) in [6, 6.07) is 7.95. The van der Waals surface area contributed by atoms with Gasteiger partial charge in [-0.3, -0.25) is 0 Å². The Morgan fingerprint density at radius 2 is 1.90 bits per heavy atom. The number of hydrogen-bond acceptors (Lipinski definition) is 2. The van der Waals surface area contributed by atoms with Crippen LogP contribution in [0.4, 0.5) is 8.78 Å². The van der Waals surface area contributed by atoms with E-state index < -0.39 is 11.6 Å². The van der Waals surface area contributed by atoms with Gasteiger partial charge in [0.25, 0.3) is 0 Å². The van der Waals surface area contributed by atoms with E-state index in [0.717, 1.165) is 32.2 Å². The zero-order chi connectivity index (χ0) is 15.1. The predicted molar refractivity (Wildman–Crippen MR) is 84.6 cm³/mol. The molecule has 0 spiro atoms. The van der Waals surface area contributed by atoms with Gasteiger partial charge in [-0.05, 0) is 55.8 Å². The van der Waals surface area contributed by atoms with Gasteiger partial charge >= 0.3 is 0 Å². The van der Waals surface area contributed by atoms with Gasteiger partial charge in [0, 0.05) is 16.5 Å². The van der Waals surface area contributed by atoms with Crippen LogP contribution in [0.5, 0.6) is 0 Å². The molecule has 1 atom stereocenters. The standard InChI is InChI=1S/C17H21F2NS/c1-2-11-20-16(10-3-6-13-7-5-12-21-13)17-14(18)8-4-9-15(17)19/h4-5,7-9,12,16,20H,2-3,6,10-11H2,1H3. The van der Waals surface area contributed by atoms with Crippen molar-refractivity contribution in [1.29, 1.82) is 0 Å². The molecule has 1 N–H and O–H groups in total. The third-order valence-electron chi connectivity index (χ3n) is 3.48. The molecule has 0 saturated heterocycles. The summed E-state index contributed by atoms with van der Waals surface area (Å²) in [5, 5.41) is 5.33. The topological polar surface area (TPSA) is 12.0 Å². The highest BCUT2D eigenvalue weighted by Crippen LogP contribution is 2.25. The molecule has 0 fully saturated rings. The van der Waals surface area contributed by atoms with E-state index in [-0.39, 0.29) is 11.6 Å². The first kappa shape index (κ1) is 16.1. The highest BCUT2D eigenvalue weighted by molar-refractivity contribution is 7.09. The molecule has 0 amide bonds. The second-order valence-electron chi connectivity index (χ2n) is 5.11. The monoisotopic (exact) mass is 309 g/mol. The summed E-state index contributed by atoms with van der Waals surface area (Å²) in [5.41, 5.74) is 0.178. The Hall–Kier alpha value is -1.26. The van der Waals surface area contributed by atoms with E-state index in [2.05, 4.69) is 16.8 Å². The van der Waals surface area contributed by atoms with Crippen molar-refractivity contribution in [2.45, 2.75) is 38.6 Å². The number of aryl methyl sites for hydroxylation is 1. The molecule has 0 saturated carbocycles. The molecule has 0 aliphatic rings. The fourth-order valence-electron chi connectivity index (χ4n) is 2.45. The number of hydrogen-bond donors (Lipinski definition) is 1. The van der Waals surface area contributed by atoms with Crippen LogP contribution in [-0.4, -0.2) is 6.54 Å². The summed E-state index contributed by atoms with van der Waals surface area (Å²) in [4.78, 5) is 1.32. The molecule has 0 aliphatic carbocycles. The van der Waals surface area contributed by atoms with Crippen LogP contribution >= 0.6 is 11.3 Å². The van der Waals surface area contributed by atoms with Crippen LogP contribution in [0.2, 0.25) is 0 Å². The van der Waals surface area contributed by atoms with Gasteiger partial charge in [0.15, 0.2) is 0 Å². The smallest absolute Gasteiger partial charge is 0.130 e. The maximum Gasteiger partial charge on any atom is 0.130 e. The molecule has 1 unspecified atom stereocenters. The van der Waals surface area contributed by atoms with Gasteiger partial charge in [-0.25, -0.2) is 8.78 Å². The fourth-order valence-corrected chi connectivity index (χ4v) is 3.20. The average Bonchev–Trinajstić information content (AvgIpc) is 2.97. The van der Waals surface area contributed by atoms with E-state index in [4.69, 9.17) is 0 Å². The largest absolute Gasteiger partial charge is 0.310 e. The quantitative estimate of drug-likeness (QED) is 0.716. The fraction of sp³-hybridized carbons (Fsp3) is 0.412. The third kappa shape index (κ3) is 4.61. The van der Waals surface area contributed by atoms with E-state index >= 15 is 0 Å². The Balaban J connectivity index is 2.03. The zero-order valence-electron chi connectivity index (χ0n) is 12.2. The highest BCUT2D eigenvalue weighted by Gasteiger charge is 2.19. The van der Waals surface area contributed by atoms with Gasteiger partial charge in [-0.2, -0.15) is 0 Å². The second kappa shape index (κ2) is 8.25. The molecule has 0 bridgehead atoms. The molecule has 0 radical (unpaired) electrons. The van der Waals surface area contributed by atoms with Crippen molar-refractivity contribution in [1.82, 2.24) is 5.32 Å². The first-order valence-electron chi connectivity index (χ1n) is 7.42. The van der Waals surface area contributed by atoms with Crippen molar-refractivity contribution in [3.05, 3.63) is 57.8 Å². The molecule has 1 aromatic heterocycles. The van der Waals surface area contributed by atoms with E-state index in [1.807, 2.05) is 13.0 Å². The van der Waals surface area contributed by atoms with Gasteiger partial charge in [-0.1, -0.05) is 19.1 Å². The van der Waals surface area contributed by atoms with Crippen molar-refractivity contribution in [2.24, 2.45) is 0 Å². The van der Waals surface area contributed by atoms with Gasteiger partial charge in [0.2, 0.25) is 0 Å². The van der Waals surface area contributed by atoms with Crippen molar-refractivity contribution >= 4 is 11.3 Å². The van der Waals surface area contributed by atoms with Crippen molar-refractivity contribution in [3.8, 4) is 0 Å². The summed E-state index contributed by atoms with van der Waals surface area (Å²) >= 11 is 1.73. The average molecular weight is 309 g/mol. The van der Waals surface area contributed by atoms with Crippen molar-refractivity contribution in [3.63, 3.8) is 0 Å². The normalized spacial score (nSPS) is 12.5. The van der Waals surface area contributed by atoms with Crippen molar-refractivity contribution < 1.29 is 8.78 Å². The maximum atomic E-state index is 14.0. The number of nitrogens with one attached hydrogen (secondary N) is 1. The molecule has 21 heavy (non-hydrogen) atoms. The SMILES string of the molecule is CCCNC(CCCc1cccs1)c1c(F)cccc1F. The molecule has 4 heteroatoms. The summed E-state index contributed by atoms with van der Waals surface area (Å²) in [6.07, 6.45) is 3.54. The van der Waals surface area contributed by atoms with Gasteiger partial charge < -0.3 is 5.32 Å². The minimum atomic E-state index is -0.459. The molecule has 0 aliphatic heterocycles. The lowest BCUT2D eigenvalue weighted by Gasteiger charge is -2.20. The molecular formula is C17H21F2NS. The molecular weight excluding hydrogens is 288 g/mol. The van der Waals surface area contributed by atoms with E-state index in [0.29, 0.717) is 0 Å². The lowest BCUT2D eigenvalue weighted by atomic mass is 9.99. The van der Waals surface area contributed by atoms with Crippen LogP contribution in [0.3, 0.4) is 0 Å². The molecule has 1 heterocycles. The molecule has 2 rings (SSSR count). The van der Waals surface area contributed by atoms with Gasteiger partial charge in [0.1, 0.15) is 11.6 Å². The first-order valence-corrected chi connectivity index (χ1v) is 8.30. The van der Waals surface area contributed by atoms with Crippen molar-refractivity contribution in [2.75, 3.05) is 6.54 Å². The third-order valence-corrected chi connectivity index (χ3v) is 4.42. The van der Waals surface area contributed by atoms with Crippen LogP contribution in [0, 0.1) is 11.6 Å². The number of thiophene rings is 1. The van der Waals surface area contributed by atoms with Crippen LogP contribution in [0.1, 0.15) is 42.7 Å². The van der Waals surface area contributed by atoms with Crippen LogP contribution in [-0.2, 0) is 6.42 Å². The maximum absolute atomic E-state index is 14.0. The number of halogens is 2. The first-order chi connectivity index (χ1) is 10.2. The highest BCUT2D eigenvalue weighted by atomic mass is 32.1. The molecule has 114 valence electrons. The summed E-state index contributed by atoms with van der Waals surface area (Å²) in [6.45, 7) is 2.81.